The Morgan fingerprint density at radius 1 is 1.25 bits per heavy atom. The first kappa shape index (κ1) is 16.5. The molecular weight excluding hydrogens is 254 g/mol. The van der Waals surface area contributed by atoms with Crippen molar-refractivity contribution in [2.75, 3.05) is 19.8 Å². The van der Waals surface area contributed by atoms with Crippen LogP contribution in [0.5, 0.6) is 5.75 Å². The number of benzene rings is 1. The van der Waals surface area contributed by atoms with Gasteiger partial charge in [-0.1, -0.05) is 31.5 Å². The van der Waals surface area contributed by atoms with E-state index in [1.54, 1.807) is 0 Å². The molecule has 0 unspecified atom stereocenters. The van der Waals surface area contributed by atoms with Crippen LogP contribution in [0, 0.1) is 12.3 Å². The van der Waals surface area contributed by atoms with Crippen LogP contribution in [0.1, 0.15) is 32.3 Å². The van der Waals surface area contributed by atoms with Crippen LogP contribution in [0.4, 0.5) is 0 Å². The number of carbonyl (C=O) groups is 1. The van der Waals surface area contributed by atoms with Gasteiger partial charge < -0.3 is 15.2 Å². The first-order chi connectivity index (χ1) is 9.55. The lowest BCUT2D eigenvalue weighted by atomic mass is 9.83. The number of ether oxygens (including phenoxy) is 1. The van der Waals surface area contributed by atoms with Gasteiger partial charge in [-0.25, -0.2) is 0 Å². The fourth-order valence-electron chi connectivity index (χ4n) is 1.90. The SMILES string of the molecule is CCC(CC)(CO)CNC(=O)COc1ccc(C)cc1. The summed E-state index contributed by atoms with van der Waals surface area (Å²) in [4.78, 5) is 11.8. The van der Waals surface area contributed by atoms with Gasteiger partial charge in [0.25, 0.3) is 5.91 Å². The summed E-state index contributed by atoms with van der Waals surface area (Å²) in [5.41, 5.74) is 0.930. The van der Waals surface area contributed by atoms with E-state index in [1.807, 2.05) is 45.0 Å². The molecule has 0 atom stereocenters. The van der Waals surface area contributed by atoms with Gasteiger partial charge in [0.15, 0.2) is 6.61 Å². The third-order valence-corrected chi connectivity index (χ3v) is 3.89. The van der Waals surface area contributed by atoms with Crippen molar-refractivity contribution in [3.63, 3.8) is 0 Å². The molecule has 0 bridgehead atoms. The summed E-state index contributed by atoms with van der Waals surface area (Å²) in [6.45, 7) is 6.60. The maximum Gasteiger partial charge on any atom is 0.257 e. The number of hydrogen-bond acceptors (Lipinski definition) is 3. The van der Waals surface area contributed by atoms with Crippen LogP contribution in [0.25, 0.3) is 0 Å². The summed E-state index contributed by atoms with van der Waals surface area (Å²) in [5.74, 6) is 0.524. The summed E-state index contributed by atoms with van der Waals surface area (Å²) < 4.78 is 5.41. The Hall–Kier alpha value is -1.55. The molecule has 1 rings (SSSR count). The summed E-state index contributed by atoms with van der Waals surface area (Å²) in [6.07, 6.45) is 1.66. The van der Waals surface area contributed by atoms with Gasteiger partial charge in [-0.05, 0) is 31.9 Å². The molecule has 112 valence electrons. The molecule has 0 spiro atoms. The van der Waals surface area contributed by atoms with Crippen molar-refractivity contribution in [2.24, 2.45) is 5.41 Å². The maximum absolute atomic E-state index is 11.8. The van der Waals surface area contributed by atoms with Gasteiger partial charge in [0.1, 0.15) is 5.75 Å². The highest BCUT2D eigenvalue weighted by Crippen LogP contribution is 2.24. The van der Waals surface area contributed by atoms with Gasteiger partial charge in [0.05, 0.1) is 6.61 Å². The number of carbonyl (C=O) groups excluding carboxylic acids is 1. The number of aliphatic hydroxyl groups is 1. The second-order valence-electron chi connectivity index (χ2n) is 5.24. The summed E-state index contributed by atoms with van der Waals surface area (Å²) >= 11 is 0. The molecule has 0 aliphatic carbocycles. The third kappa shape index (κ3) is 4.85. The predicted molar refractivity (Wildman–Crippen MR) is 79.8 cm³/mol. The van der Waals surface area contributed by atoms with E-state index in [9.17, 15) is 9.90 Å². The van der Waals surface area contributed by atoms with Gasteiger partial charge in [0.2, 0.25) is 0 Å². The van der Waals surface area contributed by atoms with Crippen molar-refractivity contribution in [1.29, 1.82) is 0 Å². The molecule has 0 saturated heterocycles. The number of nitrogens with one attached hydrogen (secondary N) is 1. The van der Waals surface area contributed by atoms with Gasteiger partial charge in [-0.2, -0.15) is 0 Å². The zero-order valence-electron chi connectivity index (χ0n) is 12.6. The van der Waals surface area contributed by atoms with Gasteiger partial charge in [-0.15, -0.1) is 0 Å². The Morgan fingerprint density at radius 3 is 2.35 bits per heavy atom. The smallest absolute Gasteiger partial charge is 0.257 e. The molecule has 1 aromatic rings. The molecule has 20 heavy (non-hydrogen) atoms. The fourth-order valence-corrected chi connectivity index (χ4v) is 1.90. The van der Waals surface area contributed by atoms with E-state index in [0.717, 1.165) is 18.4 Å². The van der Waals surface area contributed by atoms with E-state index in [4.69, 9.17) is 4.74 Å². The molecule has 0 saturated carbocycles. The largest absolute Gasteiger partial charge is 0.484 e. The molecule has 4 heteroatoms. The first-order valence-corrected chi connectivity index (χ1v) is 7.12. The van der Waals surface area contributed by atoms with E-state index in [-0.39, 0.29) is 24.5 Å². The second kappa shape index (κ2) is 7.90. The van der Waals surface area contributed by atoms with Crippen LogP contribution < -0.4 is 10.1 Å². The standard InChI is InChI=1S/C16H25NO3/c1-4-16(5-2,12-18)11-17-15(19)10-20-14-8-6-13(3)7-9-14/h6-9,18H,4-5,10-12H2,1-3H3,(H,17,19). The van der Waals surface area contributed by atoms with Crippen LogP contribution in [0.2, 0.25) is 0 Å². The number of aliphatic hydroxyl groups excluding tert-OH is 1. The lowest BCUT2D eigenvalue weighted by molar-refractivity contribution is -0.123. The highest BCUT2D eigenvalue weighted by atomic mass is 16.5. The molecule has 0 radical (unpaired) electrons. The number of hydrogen-bond donors (Lipinski definition) is 2. The van der Waals surface area contributed by atoms with E-state index in [2.05, 4.69) is 5.32 Å². The number of aryl methyl sites for hydroxylation is 1. The molecule has 1 amide bonds. The fraction of sp³-hybridized carbons (Fsp3) is 0.562. The van der Waals surface area contributed by atoms with E-state index < -0.39 is 0 Å². The molecule has 0 aliphatic rings. The van der Waals surface area contributed by atoms with Crippen molar-refractivity contribution < 1.29 is 14.6 Å². The minimum atomic E-state index is -0.223. The summed E-state index contributed by atoms with van der Waals surface area (Å²) in [5, 5.41) is 12.3. The molecule has 2 N–H and O–H groups in total. The summed E-state index contributed by atoms with van der Waals surface area (Å²) in [7, 11) is 0. The van der Waals surface area contributed by atoms with Crippen molar-refractivity contribution in [3.8, 4) is 5.75 Å². The van der Waals surface area contributed by atoms with E-state index in [0.29, 0.717) is 12.3 Å². The number of rotatable bonds is 8. The Bertz CT molecular complexity index is 402. The lowest BCUT2D eigenvalue weighted by Crippen LogP contribution is -2.41. The number of amides is 1. The predicted octanol–water partition coefficient (Wildman–Crippen LogP) is 2.29. The normalized spacial score (nSPS) is 11.2. The molecular formula is C16H25NO3. The first-order valence-electron chi connectivity index (χ1n) is 7.12. The zero-order valence-corrected chi connectivity index (χ0v) is 12.6. The van der Waals surface area contributed by atoms with Gasteiger partial charge in [-0.3, -0.25) is 4.79 Å². The molecule has 0 aliphatic heterocycles. The lowest BCUT2D eigenvalue weighted by Gasteiger charge is -2.29. The quantitative estimate of drug-likeness (QED) is 0.767. The van der Waals surface area contributed by atoms with Crippen LogP contribution in [-0.4, -0.2) is 30.8 Å². The van der Waals surface area contributed by atoms with Crippen molar-refractivity contribution in [3.05, 3.63) is 29.8 Å². The van der Waals surface area contributed by atoms with Crippen molar-refractivity contribution >= 4 is 5.91 Å². The van der Waals surface area contributed by atoms with Gasteiger partial charge in [0, 0.05) is 12.0 Å². The highest BCUT2D eigenvalue weighted by molar-refractivity contribution is 5.77. The average Bonchev–Trinajstić information content (AvgIpc) is 2.48. The Kier molecular flexibility index (Phi) is 6.52. The molecule has 0 heterocycles. The van der Waals surface area contributed by atoms with Crippen molar-refractivity contribution in [1.82, 2.24) is 5.32 Å². The molecule has 0 aromatic heterocycles. The van der Waals surface area contributed by atoms with Crippen LogP contribution >= 0.6 is 0 Å². The monoisotopic (exact) mass is 279 g/mol. The highest BCUT2D eigenvalue weighted by Gasteiger charge is 2.25. The Morgan fingerprint density at radius 2 is 1.85 bits per heavy atom. The maximum atomic E-state index is 11.8. The zero-order chi connectivity index (χ0) is 15.0. The topological polar surface area (TPSA) is 58.6 Å². The van der Waals surface area contributed by atoms with Crippen LogP contribution in [0.15, 0.2) is 24.3 Å². The van der Waals surface area contributed by atoms with Crippen molar-refractivity contribution in [2.45, 2.75) is 33.6 Å². The van der Waals surface area contributed by atoms with Crippen LogP contribution in [0.3, 0.4) is 0 Å². The second-order valence-corrected chi connectivity index (χ2v) is 5.24. The Labute approximate surface area is 121 Å². The summed E-state index contributed by atoms with van der Waals surface area (Å²) in [6, 6.07) is 7.58. The average molecular weight is 279 g/mol. The van der Waals surface area contributed by atoms with E-state index in [1.165, 1.54) is 0 Å². The minimum absolute atomic E-state index is 0.00199. The van der Waals surface area contributed by atoms with Crippen LogP contribution in [-0.2, 0) is 4.79 Å². The van der Waals surface area contributed by atoms with E-state index >= 15 is 0 Å². The molecule has 0 fully saturated rings. The molecule has 4 nitrogen and oxygen atoms in total. The third-order valence-electron chi connectivity index (χ3n) is 3.89. The molecule has 1 aromatic carbocycles. The minimum Gasteiger partial charge on any atom is -0.484 e. The Balaban J connectivity index is 2.38. The van der Waals surface area contributed by atoms with Gasteiger partial charge >= 0.3 is 0 Å².